The highest BCUT2D eigenvalue weighted by Gasteiger charge is 2.32. The molecule has 1 fully saturated rings. The van der Waals surface area contributed by atoms with Crippen LogP contribution in [0.25, 0.3) is 6.08 Å². The van der Waals surface area contributed by atoms with Crippen LogP contribution in [0.2, 0.25) is 0 Å². The first-order valence-corrected chi connectivity index (χ1v) is 9.74. The number of ether oxygens (including phenoxy) is 2. The van der Waals surface area contributed by atoms with Gasteiger partial charge in [0.25, 0.3) is 0 Å². The molecule has 1 saturated carbocycles. The molecule has 4 nitrogen and oxygen atoms in total. The normalized spacial score (nSPS) is 13.5. The minimum absolute atomic E-state index is 0.113. The lowest BCUT2D eigenvalue weighted by atomic mass is 10.1. The standard InChI is InChI=1S/C23H26FNO3/c1-3-27-21-13-9-17(15-22(21)28-4-2)10-14-23(26)25(19-11-12-19)16-18-7-5-6-8-20(18)24/h5-10,13-15,19H,3-4,11-12,16H2,1-2H3/b14-10+. The second-order valence-electron chi connectivity index (χ2n) is 6.69. The third-order valence-corrected chi connectivity index (χ3v) is 4.56. The van der Waals surface area contributed by atoms with Crippen molar-refractivity contribution in [2.75, 3.05) is 13.2 Å². The van der Waals surface area contributed by atoms with Crippen LogP contribution in [-0.4, -0.2) is 30.1 Å². The maximum Gasteiger partial charge on any atom is 0.247 e. The molecular formula is C23H26FNO3. The fraction of sp³-hybridized carbons (Fsp3) is 0.348. The van der Waals surface area contributed by atoms with Gasteiger partial charge in [-0.2, -0.15) is 0 Å². The van der Waals surface area contributed by atoms with E-state index in [2.05, 4.69) is 0 Å². The predicted octanol–water partition coefficient (Wildman–Crippen LogP) is 4.83. The average Bonchev–Trinajstić information content (AvgIpc) is 3.52. The molecule has 2 aromatic rings. The summed E-state index contributed by atoms with van der Waals surface area (Å²) in [7, 11) is 0. The van der Waals surface area contributed by atoms with Crippen molar-refractivity contribution in [3.05, 3.63) is 65.5 Å². The fourth-order valence-corrected chi connectivity index (χ4v) is 3.02. The van der Waals surface area contributed by atoms with Gasteiger partial charge in [-0.05, 0) is 56.5 Å². The van der Waals surface area contributed by atoms with Crippen molar-refractivity contribution in [2.45, 2.75) is 39.3 Å². The van der Waals surface area contributed by atoms with Crippen molar-refractivity contribution >= 4 is 12.0 Å². The minimum Gasteiger partial charge on any atom is -0.490 e. The monoisotopic (exact) mass is 383 g/mol. The van der Waals surface area contributed by atoms with Gasteiger partial charge < -0.3 is 14.4 Å². The smallest absolute Gasteiger partial charge is 0.247 e. The molecule has 0 unspecified atom stereocenters. The summed E-state index contributed by atoms with van der Waals surface area (Å²) in [6, 6.07) is 12.4. The molecule has 0 radical (unpaired) electrons. The van der Waals surface area contributed by atoms with Crippen LogP contribution in [0.5, 0.6) is 11.5 Å². The highest BCUT2D eigenvalue weighted by molar-refractivity contribution is 5.92. The Labute approximate surface area is 165 Å². The molecule has 5 heteroatoms. The third-order valence-electron chi connectivity index (χ3n) is 4.56. The number of benzene rings is 2. The Bertz CT molecular complexity index is 845. The molecule has 1 aliphatic carbocycles. The van der Waals surface area contributed by atoms with E-state index in [1.165, 1.54) is 6.07 Å². The Hall–Kier alpha value is -2.82. The number of nitrogens with zero attached hydrogens (tertiary/aromatic N) is 1. The van der Waals surface area contributed by atoms with Crippen molar-refractivity contribution in [3.8, 4) is 11.5 Å². The molecule has 148 valence electrons. The summed E-state index contributed by atoms with van der Waals surface area (Å²) in [5, 5.41) is 0. The van der Waals surface area contributed by atoms with Crippen LogP contribution in [0, 0.1) is 5.82 Å². The Balaban J connectivity index is 1.73. The number of rotatable bonds is 9. The lowest BCUT2D eigenvalue weighted by molar-refractivity contribution is -0.127. The van der Waals surface area contributed by atoms with E-state index < -0.39 is 0 Å². The van der Waals surface area contributed by atoms with Gasteiger partial charge in [0.2, 0.25) is 5.91 Å². The van der Waals surface area contributed by atoms with E-state index in [1.54, 1.807) is 35.3 Å². The van der Waals surface area contributed by atoms with Crippen molar-refractivity contribution < 1.29 is 18.7 Å². The number of carbonyl (C=O) groups excluding carboxylic acids is 1. The van der Waals surface area contributed by atoms with E-state index in [0.29, 0.717) is 30.3 Å². The van der Waals surface area contributed by atoms with Gasteiger partial charge in [0, 0.05) is 24.2 Å². The summed E-state index contributed by atoms with van der Waals surface area (Å²) >= 11 is 0. The maximum absolute atomic E-state index is 14.0. The molecule has 0 atom stereocenters. The summed E-state index contributed by atoms with van der Waals surface area (Å²) in [5.41, 5.74) is 1.39. The number of hydrogen-bond acceptors (Lipinski definition) is 3. The molecule has 3 rings (SSSR count). The zero-order chi connectivity index (χ0) is 19.9. The van der Waals surface area contributed by atoms with Crippen LogP contribution < -0.4 is 9.47 Å². The van der Waals surface area contributed by atoms with E-state index >= 15 is 0 Å². The van der Waals surface area contributed by atoms with Crippen molar-refractivity contribution in [3.63, 3.8) is 0 Å². The van der Waals surface area contributed by atoms with Crippen LogP contribution >= 0.6 is 0 Å². The largest absolute Gasteiger partial charge is 0.490 e. The number of halogens is 1. The van der Waals surface area contributed by atoms with Crippen LogP contribution in [0.15, 0.2) is 48.5 Å². The zero-order valence-electron chi connectivity index (χ0n) is 16.4. The van der Waals surface area contributed by atoms with Crippen molar-refractivity contribution in [1.29, 1.82) is 0 Å². The van der Waals surface area contributed by atoms with Crippen LogP contribution in [-0.2, 0) is 11.3 Å². The first-order valence-electron chi connectivity index (χ1n) is 9.74. The topological polar surface area (TPSA) is 38.8 Å². The molecule has 0 saturated heterocycles. The van der Waals surface area contributed by atoms with Gasteiger partial charge in [-0.15, -0.1) is 0 Å². The van der Waals surface area contributed by atoms with Gasteiger partial charge in [0.1, 0.15) is 5.82 Å². The Morgan fingerprint density at radius 2 is 1.82 bits per heavy atom. The van der Waals surface area contributed by atoms with Gasteiger partial charge in [-0.25, -0.2) is 4.39 Å². The van der Waals surface area contributed by atoms with E-state index in [-0.39, 0.29) is 24.3 Å². The molecule has 0 aliphatic heterocycles. The minimum atomic E-state index is -0.280. The lowest BCUT2D eigenvalue weighted by Gasteiger charge is -2.21. The second-order valence-corrected chi connectivity index (χ2v) is 6.69. The molecule has 2 aromatic carbocycles. The Kier molecular flexibility index (Phi) is 6.69. The maximum atomic E-state index is 14.0. The molecular weight excluding hydrogens is 357 g/mol. The molecule has 28 heavy (non-hydrogen) atoms. The molecule has 0 spiro atoms. The van der Waals surface area contributed by atoms with Crippen molar-refractivity contribution in [1.82, 2.24) is 4.90 Å². The average molecular weight is 383 g/mol. The van der Waals surface area contributed by atoms with E-state index in [0.717, 1.165) is 18.4 Å². The summed E-state index contributed by atoms with van der Waals surface area (Å²) in [5.74, 6) is 0.951. The van der Waals surface area contributed by atoms with Gasteiger partial charge >= 0.3 is 0 Å². The Morgan fingerprint density at radius 1 is 1.11 bits per heavy atom. The zero-order valence-corrected chi connectivity index (χ0v) is 16.4. The summed E-state index contributed by atoms with van der Waals surface area (Å²) < 4.78 is 25.2. The molecule has 1 aliphatic rings. The fourth-order valence-electron chi connectivity index (χ4n) is 3.02. The van der Waals surface area contributed by atoms with Gasteiger partial charge in [-0.3, -0.25) is 4.79 Å². The van der Waals surface area contributed by atoms with Crippen LogP contribution in [0.3, 0.4) is 0 Å². The molecule has 0 heterocycles. The second kappa shape index (κ2) is 9.40. The summed E-state index contributed by atoms with van der Waals surface area (Å²) in [4.78, 5) is 14.5. The number of carbonyl (C=O) groups is 1. The quantitative estimate of drug-likeness (QED) is 0.582. The third kappa shape index (κ3) is 5.12. The van der Waals surface area contributed by atoms with Gasteiger partial charge in [0.05, 0.1) is 13.2 Å². The van der Waals surface area contributed by atoms with Crippen molar-refractivity contribution in [2.24, 2.45) is 0 Å². The number of hydrogen-bond donors (Lipinski definition) is 0. The first kappa shape index (κ1) is 19.9. The molecule has 0 N–H and O–H groups in total. The highest BCUT2D eigenvalue weighted by Crippen LogP contribution is 2.30. The van der Waals surface area contributed by atoms with E-state index in [4.69, 9.17) is 9.47 Å². The summed E-state index contributed by atoms with van der Waals surface area (Å²) in [6.07, 6.45) is 5.24. The van der Waals surface area contributed by atoms with Gasteiger partial charge in [0.15, 0.2) is 11.5 Å². The van der Waals surface area contributed by atoms with Crippen LogP contribution in [0.1, 0.15) is 37.8 Å². The summed E-state index contributed by atoms with van der Waals surface area (Å²) in [6.45, 7) is 5.21. The molecule has 1 amide bonds. The van der Waals surface area contributed by atoms with Crippen LogP contribution in [0.4, 0.5) is 4.39 Å². The predicted molar refractivity (Wildman–Crippen MR) is 108 cm³/mol. The molecule has 0 aromatic heterocycles. The molecule has 0 bridgehead atoms. The van der Waals surface area contributed by atoms with E-state index in [1.807, 2.05) is 32.0 Å². The number of amides is 1. The Morgan fingerprint density at radius 3 is 2.50 bits per heavy atom. The SMILES string of the molecule is CCOc1ccc(/C=C/C(=O)N(Cc2ccccc2F)C2CC2)cc1OCC. The van der Waals surface area contributed by atoms with Gasteiger partial charge in [-0.1, -0.05) is 24.3 Å². The lowest BCUT2D eigenvalue weighted by Crippen LogP contribution is -2.31. The first-order chi connectivity index (χ1) is 13.6. The van der Waals surface area contributed by atoms with E-state index in [9.17, 15) is 9.18 Å². The highest BCUT2D eigenvalue weighted by atomic mass is 19.1.